The lowest BCUT2D eigenvalue weighted by molar-refractivity contribution is 0.0949. The van der Waals surface area contributed by atoms with Crippen molar-refractivity contribution in [3.8, 4) is 0 Å². The second-order valence-corrected chi connectivity index (χ2v) is 8.29. The van der Waals surface area contributed by atoms with Crippen molar-refractivity contribution in [1.82, 2.24) is 10.2 Å². The molecule has 0 aromatic heterocycles. The number of amides is 1. The second kappa shape index (κ2) is 11.9. The topological polar surface area (TPSA) is 32.3 Å². The van der Waals surface area contributed by atoms with E-state index >= 15 is 0 Å². The summed E-state index contributed by atoms with van der Waals surface area (Å²) in [5.74, 6) is 0.905. The van der Waals surface area contributed by atoms with E-state index in [1.807, 2.05) is 24.3 Å². The Kier molecular flexibility index (Phi) is 9.59. The van der Waals surface area contributed by atoms with Crippen molar-refractivity contribution in [2.45, 2.75) is 51.2 Å². The number of hydrogen-bond acceptors (Lipinski definition) is 3. The van der Waals surface area contributed by atoms with E-state index in [9.17, 15) is 4.79 Å². The Morgan fingerprint density at radius 2 is 1.68 bits per heavy atom. The van der Waals surface area contributed by atoms with Crippen LogP contribution in [0, 0.1) is 13.8 Å². The highest BCUT2D eigenvalue weighted by atomic mass is 32.2. The van der Waals surface area contributed by atoms with Gasteiger partial charge < -0.3 is 10.2 Å². The predicted molar refractivity (Wildman–Crippen MR) is 121 cm³/mol. The SMILES string of the molecule is CCN(CC)CCCCNC(=O)c1ccccc1SCc1cc(C)cc(C)c1. The van der Waals surface area contributed by atoms with Crippen LogP contribution in [0.4, 0.5) is 0 Å². The maximum Gasteiger partial charge on any atom is 0.252 e. The van der Waals surface area contributed by atoms with Crippen molar-refractivity contribution in [3.63, 3.8) is 0 Å². The zero-order valence-corrected chi connectivity index (χ0v) is 18.6. The van der Waals surface area contributed by atoms with Crippen molar-refractivity contribution in [3.05, 3.63) is 64.7 Å². The summed E-state index contributed by atoms with van der Waals surface area (Å²) in [6.07, 6.45) is 2.13. The zero-order valence-electron chi connectivity index (χ0n) is 17.8. The van der Waals surface area contributed by atoms with Crippen molar-refractivity contribution in [2.24, 2.45) is 0 Å². The van der Waals surface area contributed by atoms with Crippen LogP contribution < -0.4 is 5.32 Å². The monoisotopic (exact) mass is 398 g/mol. The highest BCUT2D eigenvalue weighted by Crippen LogP contribution is 2.27. The first kappa shape index (κ1) is 22.5. The third-order valence-electron chi connectivity index (χ3n) is 4.89. The molecule has 0 heterocycles. The molecule has 2 rings (SSSR count). The number of nitrogens with zero attached hydrogens (tertiary/aromatic N) is 1. The molecule has 0 unspecified atom stereocenters. The molecule has 1 amide bonds. The molecule has 0 atom stereocenters. The molecule has 0 aliphatic heterocycles. The van der Waals surface area contributed by atoms with Crippen LogP contribution in [0.1, 0.15) is 53.7 Å². The van der Waals surface area contributed by atoms with Gasteiger partial charge in [-0.3, -0.25) is 4.79 Å². The van der Waals surface area contributed by atoms with Crippen molar-refractivity contribution in [1.29, 1.82) is 0 Å². The number of rotatable bonds is 11. The van der Waals surface area contributed by atoms with Crippen LogP contribution in [-0.4, -0.2) is 37.0 Å². The molecule has 2 aromatic carbocycles. The Labute approximate surface area is 174 Å². The van der Waals surface area contributed by atoms with Crippen LogP contribution in [0.5, 0.6) is 0 Å². The van der Waals surface area contributed by atoms with Gasteiger partial charge in [-0.25, -0.2) is 0 Å². The first-order valence-electron chi connectivity index (χ1n) is 10.3. The molecule has 0 radical (unpaired) electrons. The van der Waals surface area contributed by atoms with Gasteiger partial charge in [-0.2, -0.15) is 0 Å². The molecule has 4 heteroatoms. The fourth-order valence-corrected chi connectivity index (χ4v) is 4.37. The maximum atomic E-state index is 12.7. The number of carbonyl (C=O) groups excluding carboxylic acids is 1. The summed E-state index contributed by atoms with van der Waals surface area (Å²) in [5, 5.41) is 3.09. The molecule has 2 aromatic rings. The molecule has 0 aliphatic carbocycles. The third kappa shape index (κ3) is 7.33. The molecule has 0 aliphatic rings. The van der Waals surface area contributed by atoms with Crippen LogP contribution in [0.3, 0.4) is 0 Å². The molecule has 3 nitrogen and oxygen atoms in total. The lowest BCUT2D eigenvalue weighted by Gasteiger charge is -2.17. The average molecular weight is 399 g/mol. The number of hydrogen-bond donors (Lipinski definition) is 1. The lowest BCUT2D eigenvalue weighted by atomic mass is 10.1. The summed E-state index contributed by atoms with van der Waals surface area (Å²) < 4.78 is 0. The molecule has 0 bridgehead atoms. The van der Waals surface area contributed by atoms with Gasteiger partial charge >= 0.3 is 0 Å². The third-order valence-corrected chi connectivity index (χ3v) is 6.03. The number of aryl methyl sites for hydroxylation is 2. The number of thioether (sulfide) groups is 1. The van der Waals surface area contributed by atoms with E-state index in [0.717, 1.165) is 55.2 Å². The van der Waals surface area contributed by atoms with Crippen LogP contribution in [0.15, 0.2) is 47.4 Å². The van der Waals surface area contributed by atoms with Gasteiger partial charge in [0.1, 0.15) is 0 Å². The van der Waals surface area contributed by atoms with Crippen LogP contribution in [0.25, 0.3) is 0 Å². The fourth-order valence-electron chi connectivity index (χ4n) is 3.39. The Morgan fingerprint density at radius 3 is 2.36 bits per heavy atom. The van der Waals surface area contributed by atoms with E-state index in [0.29, 0.717) is 0 Å². The van der Waals surface area contributed by atoms with Gasteiger partial charge in [0.2, 0.25) is 0 Å². The van der Waals surface area contributed by atoms with E-state index < -0.39 is 0 Å². The molecule has 0 fully saturated rings. The molecule has 28 heavy (non-hydrogen) atoms. The van der Waals surface area contributed by atoms with Gasteiger partial charge in [-0.1, -0.05) is 55.3 Å². The van der Waals surface area contributed by atoms with Crippen LogP contribution in [0.2, 0.25) is 0 Å². The van der Waals surface area contributed by atoms with Gasteiger partial charge in [-0.05, 0) is 64.0 Å². The number of nitrogens with one attached hydrogen (secondary N) is 1. The average Bonchev–Trinajstić information content (AvgIpc) is 2.68. The minimum atomic E-state index is 0.0337. The highest BCUT2D eigenvalue weighted by Gasteiger charge is 2.11. The Hall–Kier alpha value is -1.78. The molecular formula is C24H34N2OS. The van der Waals surface area contributed by atoms with Crippen LogP contribution in [-0.2, 0) is 5.75 Å². The summed E-state index contributed by atoms with van der Waals surface area (Å²) in [6, 6.07) is 14.5. The van der Waals surface area contributed by atoms with Gasteiger partial charge in [0, 0.05) is 17.2 Å². The first-order chi connectivity index (χ1) is 13.5. The van der Waals surface area contributed by atoms with E-state index in [-0.39, 0.29) is 5.91 Å². The summed E-state index contributed by atoms with van der Waals surface area (Å²) >= 11 is 1.73. The van der Waals surface area contributed by atoms with Gasteiger partial charge in [-0.15, -0.1) is 11.8 Å². The number of carbonyl (C=O) groups is 1. The van der Waals surface area contributed by atoms with Gasteiger partial charge in [0.25, 0.3) is 5.91 Å². The Morgan fingerprint density at radius 1 is 1.00 bits per heavy atom. The van der Waals surface area contributed by atoms with Crippen molar-refractivity contribution in [2.75, 3.05) is 26.2 Å². The Bertz CT molecular complexity index is 736. The molecule has 0 spiro atoms. The predicted octanol–water partition coefficient (Wildman–Crippen LogP) is 5.45. The van der Waals surface area contributed by atoms with Crippen LogP contribution >= 0.6 is 11.8 Å². The molecule has 0 saturated carbocycles. The second-order valence-electron chi connectivity index (χ2n) is 7.27. The summed E-state index contributed by atoms with van der Waals surface area (Å²) in [4.78, 5) is 16.1. The standard InChI is InChI=1S/C24H34N2OS/c1-5-26(6-2)14-10-9-13-25-24(27)22-11-7-8-12-23(22)28-18-21-16-19(3)15-20(4)17-21/h7-8,11-12,15-17H,5-6,9-10,13-14,18H2,1-4H3,(H,25,27). The first-order valence-corrected chi connectivity index (χ1v) is 11.3. The highest BCUT2D eigenvalue weighted by molar-refractivity contribution is 7.98. The molecule has 152 valence electrons. The summed E-state index contributed by atoms with van der Waals surface area (Å²) in [6.45, 7) is 12.7. The number of unbranched alkanes of at least 4 members (excludes halogenated alkanes) is 1. The minimum Gasteiger partial charge on any atom is -0.352 e. The van der Waals surface area contributed by atoms with Crippen molar-refractivity contribution < 1.29 is 4.79 Å². The lowest BCUT2D eigenvalue weighted by Crippen LogP contribution is -2.27. The van der Waals surface area contributed by atoms with E-state index in [2.05, 4.69) is 56.1 Å². The quantitative estimate of drug-likeness (QED) is 0.404. The zero-order chi connectivity index (χ0) is 20.4. The van der Waals surface area contributed by atoms with Crippen molar-refractivity contribution >= 4 is 17.7 Å². The van der Waals surface area contributed by atoms with E-state index in [4.69, 9.17) is 0 Å². The Balaban J connectivity index is 1.87. The van der Waals surface area contributed by atoms with Gasteiger partial charge in [0.15, 0.2) is 0 Å². The summed E-state index contributed by atoms with van der Waals surface area (Å²) in [5.41, 5.74) is 4.65. The molecule has 0 saturated heterocycles. The fraction of sp³-hybridized carbons (Fsp3) is 0.458. The summed E-state index contributed by atoms with van der Waals surface area (Å²) in [7, 11) is 0. The molecular weight excluding hydrogens is 364 g/mol. The minimum absolute atomic E-state index is 0.0337. The normalized spacial score (nSPS) is 11.0. The molecule has 1 N–H and O–H groups in total. The largest absolute Gasteiger partial charge is 0.352 e. The van der Waals surface area contributed by atoms with Gasteiger partial charge in [0.05, 0.1) is 5.56 Å². The van der Waals surface area contributed by atoms with E-state index in [1.165, 1.54) is 16.7 Å². The van der Waals surface area contributed by atoms with E-state index in [1.54, 1.807) is 11.8 Å². The smallest absolute Gasteiger partial charge is 0.252 e. The number of benzene rings is 2. The maximum absolute atomic E-state index is 12.7.